The molecule has 0 bridgehead atoms. The number of rotatable bonds is 5. The van der Waals surface area contributed by atoms with Gasteiger partial charge in [0.25, 0.3) is 0 Å². The van der Waals surface area contributed by atoms with Crippen LogP contribution in [-0.2, 0) is 17.6 Å². The number of carboxylic acid groups (broad SMARTS) is 1. The maximum atomic E-state index is 10.4. The second-order valence-electron chi connectivity index (χ2n) is 3.46. The van der Waals surface area contributed by atoms with Crippen molar-refractivity contribution in [3.63, 3.8) is 0 Å². The Morgan fingerprint density at radius 1 is 1.29 bits per heavy atom. The molecule has 0 unspecified atom stereocenters. The summed E-state index contributed by atoms with van der Waals surface area (Å²) in [5, 5.41) is 8.55. The Morgan fingerprint density at radius 2 is 1.93 bits per heavy atom. The first-order valence-corrected chi connectivity index (χ1v) is 5.02. The third-order valence-electron chi connectivity index (χ3n) is 2.16. The smallest absolute Gasteiger partial charge is 0.303 e. The topological polar surface area (TPSA) is 37.3 Å². The van der Waals surface area contributed by atoms with Gasteiger partial charge in [-0.25, -0.2) is 0 Å². The van der Waals surface area contributed by atoms with Crippen LogP contribution < -0.4 is 0 Å². The number of benzene rings is 1. The van der Waals surface area contributed by atoms with Crippen LogP contribution in [0.2, 0.25) is 0 Å². The molecule has 1 N–H and O–H groups in total. The Labute approximate surface area is 84.6 Å². The molecule has 0 spiro atoms. The lowest BCUT2D eigenvalue weighted by Crippen LogP contribution is -1.97. The second kappa shape index (κ2) is 5.43. The molecular formula is C12H16O2. The zero-order valence-electron chi connectivity index (χ0n) is 8.49. The zero-order valence-corrected chi connectivity index (χ0v) is 8.49. The third kappa shape index (κ3) is 3.60. The molecule has 14 heavy (non-hydrogen) atoms. The minimum Gasteiger partial charge on any atom is -0.481 e. The van der Waals surface area contributed by atoms with Crippen molar-refractivity contribution in [2.45, 2.75) is 32.6 Å². The lowest BCUT2D eigenvalue weighted by Gasteiger charge is -2.02. The second-order valence-corrected chi connectivity index (χ2v) is 3.46. The fraction of sp³-hybridized carbons (Fsp3) is 0.417. The zero-order chi connectivity index (χ0) is 10.4. The van der Waals surface area contributed by atoms with Crippen molar-refractivity contribution in [1.82, 2.24) is 0 Å². The van der Waals surface area contributed by atoms with Crippen LogP contribution in [0.4, 0.5) is 0 Å². The van der Waals surface area contributed by atoms with Gasteiger partial charge in [-0.05, 0) is 24.0 Å². The van der Waals surface area contributed by atoms with Crippen LogP contribution >= 0.6 is 0 Å². The summed E-state index contributed by atoms with van der Waals surface area (Å²) in [6.07, 6.45) is 3.05. The first-order chi connectivity index (χ1) is 6.72. The molecule has 0 aliphatic heterocycles. The molecular weight excluding hydrogens is 176 g/mol. The van der Waals surface area contributed by atoms with E-state index in [9.17, 15) is 4.79 Å². The van der Waals surface area contributed by atoms with E-state index >= 15 is 0 Å². The average molecular weight is 192 g/mol. The van der Waals surface area contributed by atoms with Gasteiger partial charge in [0, 0.05) is 6.42 Å². The Kier molecular flexibility index (Phi) is 4.17. The van der Waals surface area contributed by atoms with Crippen LogP contribution in [0.15, 0.2) is 24.3 Å². The molecule has 0 amide bonds. The molecule has 0 heterocycles. The Bertz CT molecular complexity index is 305. The van der Waals surface area contributed by atoms with E-state index in [0.717, 1.165) is 18.4 Å². The van der Waals surface area contributed by atoms with Gasteiger partial charge in [-0.15, -0.1) is 0 Å². The number of hydrogen-bond donors (Lipinski definition) is 1. The fourth-order valence-corrected chi connectivity index (χ4v) is 1.48. The predicted molar refractivity (Wildman–Crippen MR) is 56.4 cm³/mol. The number of aryl methyl sites for hydroxylation is 2. The quantitative estimate of drug-likeness (QED) is 0.778. The number of carbonyl (C=O) groups is 1. The normalized spacial score (nSPS) is 10.1. The highest BCUT2D eigenvalue weighted by atomic mass is 16.4. The number of carboxylic acids is 1. The van der Waals surface area contributed by atoms with E-state index in [2.05, 4.69) is 19.1 Å². The highest BCUT2D eigenvalue weighted by molar-refractivity contribution is 5.67. The van der Waals surface area contributed by atoms with Crippen LogP contribution in [0, 0.1) is 0 Å². The van der Waals surface area contributed by atoms with Crippen LogP contribution in [-0.4, -0.2) is 11.1 Å². The Morgan fingerprint density at radius 3 is 2.50 bits per heavy atom. The first kappa shape index (κ1) is 10.8. The molecule has 2 nitrogen and oxygen atoms in total. The fourth-order valence-electron chi connectivity index (χ4n) is 1.48. The molecule has 76 valence electrons. The van der Waals surface area contributed by atoms with Crippen LogP contribution in [0.3, 0.4) is 0 Å². The van der Waals surface area contributed by atoms with Gasteiger partial charge in [0.15, 0.2) is 0 Å². The summed E-state index contributed by atoms with van der Waals surface area (Å²) in [6.45, 7) is 2.14. The highest BCUT2D eigenvalue weighted by Gasteiger charge is 1.99. The maximum Gasteiger partial charge on any atom is 0.303 e. The minimum atomic E-state index is -0.731. The molecule has 0 aliphatic rings. The van der Waals surface area contributed by atoms with Crippen molar-refractivity contribution >= 4 is 5.97 Å². The van der Waals surface area contributed by atoms with Crippen LogP contribution in [0.1, 0.15) is 30.9 Å². The van der Waals surface area contributed by atoms with Gasteiger partial charge in [-0.1, -0.05) is 37.6 Å². The van der Waals surface area contributed by atoms with Gasteiger partial charge in [0.1, 0.15) is 0 Å². The van der Waals surface area contributed by atoms with Crippen LogP contribution in [0.5, 0.6) is 0 Å². The standard InChI is InChI=1S/C12H16O2/c1-2-4-10-5-3-6-11(9-10)7-8-12(13)14/h3,5-6,9H,2,4,7-8H2,1H3,(H,13,14). The molecule has 0 atom stereocenters. The summed E-state index contributed by atoms with van der Waals surface area (Å²) in [7, 11) is 0. The van der Waals surface area contributed by atoms with Gasteiger partial charge < -0.3 is 5.11 Å². The maximum absolute atomic E-state index is 10.4. The van der Waals surface area contributed by atoms with E-state index in [0.29, 0.717) is 6.42 Å². The molecule has 0 fully saturated rings. The third-order valence-corrected chi connectivity index (χ3v) is 2.16. The van der Waals surface area contributed by atoms with Crippen molar-refractivity contribution in [2.75, 3.05) is 0 Å². The van der Waals surface area contributed by atoms with Crippen molar-refractivity contribution in [3.8, 4) is 0 Å². The van der Waals surface area contributed by atoms with E-state index in [-0.39, 0.29) is 6.42 Å². The molecule has 2 heteroatoms. The molecule has 1 aromatic carbocycles. The summed E-state index contributed by atoms with van der Waals surface area (Å²) >= 11 is 0. The first-order valence-electron chi connectivity index (χ1n) is 5.02. The minimum absolute atomic E-state index is 0.218. The average Bonchev–Trinajstić information content (AvgIpc) is 2.16. The van der Waals surface area contributed by atoms with E-state index in [1.807, 2.05) is 12.1 Å². The van der Waals surface area contributed by atoms with Gasteiger partial charge in [-0.2, -0.15) is 0 Å². The van der Waals surface area contributed by atoms with Gasteiger partial charge in [0.05, 0.1) is 0 Å². The van der Waals surface area contributed by atoms with E-state index in [4.69, 9.17) is 5.11 Å². The van der Waals surface area contributed by atoms with Crippen molar-refractivity contribution in [3.05, 3.63) is 35.4 Å². The summed E-state index contributed by atoms with van der Waals surface area (Å²) in [5.41, 5.74) is 2.42. The van der Waals surface area contributed by atoms with E-state index in [1.165, 1.54) is 5.56 Å². The molecule has 0 aromatic heterocycles. The summed E-state index contributed by atoms with van der Waals surface area (Å²) in [6, 6.07) is 8.19. The van der Waals surface area contributed by atoms with E-state index in [1.54, 1.807) is 0 Å². The van der Waals surface area contributed by atoms with Crippen molar-refractivity contribution < 1.29 is 9.90 Å². The van der Waals surface area contributed by atoms with Crippen molar-refractivity contribution in [2.24, 2.45) is 0 Å². The number of hydrogen-bond acceptors (Lipinski definition) is 1. The predicted octanol–water partition coefficient (Wildman–Crippen LogP) is 2.66. The molecule has 1 aromatic rings. The molecule has 1 rings (SSSR count). The van der Waals surface area contributed by atoms with E-state index < -0.39 is 5.97 Å². The molecule has 0 aliphatic carbocycles. The lowest BCUT2D eigenvalue weighted by molar-refractivity contribution is -0.136. The largest absolute Gasteiger partial charge is 0.481 e. The van der Waals surface area contributed by atoms with Gasteiger partial charge >= 0.3 is 5.97 Å². The lowest BCUT2D eigenvalue weighted by atomic mass is 10.0. The van der Waals surface area contributed by atoms with Gasteiger partial charge in [0.2, 0.25) is 0 Å². The molecule has 0 saturated heterocycles. The molecule has 0 saturated carbocycles. The summed E-state index contributed by atoms with van der Waals surface area (Å²) < 4.78 is 0. The highest BCUT2D eigenvalue weighted by Crippen LogP contribution is 2.09. The molecule has 0 radical (unpaired) electrons. The van der Waals surface area contributed by atoms with Gasteiger partial charge in [-0.3, -0.25) is 4.79 Å². The number of aliphatic carboxylic acids is 1. The monoisotopic (exact) mass is 192 g/mol. The summed E-state index contributed by atoms with van der Waals surface area (Å²) in [5.74, 6) is -0.731. The summed E-state index contributed by atoms with van der Waals surface area (Å²) in [4.78, 5) is 10.4. The Hall–Kier alpha value is -1.31. The van der Waals surface area contributed by atoms with Crippen molar-refractivity contribution in [1.29, 1.82) is 0 Å². The van der Waals surface area contributed by atoms with Crippen LogP contribution in [0.25, 0.3) is 0 Å². The Balaban J connectivity index is 2.58. The SMILES string of the molecule is CCCc1cccc(CCC(=O)O)c1.